The molecule has 0 aliphatic rings. The van der Waals surface area contributed by atoms with E-state index in [-0.39, 0.29) is 6.61 Å². The quantitative estimate of drug-likeness (QED) is 0.590. The first-order valence-corrected chi connectivity index (χ1v) is 4.86. The third-order valence-corrected chi connectivity index (χ3v) is 2.03. The highest BCUT2D eigenvalue weighted by molar-refractivity contribution is 6.36. The van der Waals surface area contributed by atoms with E-state index < -0.39 is 9.53 Å². The van der Waals surface area contributed by atoms with E-state index in [2.05, 4.69) is 4.74 Å². The largest absolute Gasteiger partial charge is 0.483 e. The summed E-state index contributed by atoms with van der Waals surface area (Å²) in [4.78, 5) is 0. The highest BCUT2D eigenvalue weighted by Gasteiger charge is 2.04. The van der Waals surface area contributed by atoms with E-state index in [0.29, 0.717) is 6.61 Å². The van der Waals surface area contributed by atoms with Gasteiger partial charge in [-0.3, -0.25) is 0 Å². The Hall–Kier alpha value is 0.0169. The Labute approximate surface area is 75.2 Å². The predicted molar refractivity (Wildman–Crippen MR) is 47.1 cm³/mol. The monoisotopic (exact) mass is 198 g/mol. The second-order valence-electron chi connectivity index (χ2n) is 1.71. The molecule has 0 aromatic heterocycles. The van der Waals surface area contributed by atoms with Crippen LogP contribution in [0.5, 0.6) is 0 Å². The SMILES string of the molecule is COCCO.CO[SiH](OC)OC. The fourth-order valence-corrected chi connectivity index (χ4v) is 0.957. The molecule has 1 N–H and O–H groups in total. The second-order valence-corrected chi connectivity index (χ2v) is 3.70. The Morgan fingerprint density at radius 3 is 1.42 bits per heavy atom. The second kappa shape index (κ2) is 13.6. The van der Waals surface area contributed by atoms with Crippen molar-refractivity contribution in [3.63, 3.8) is 0 Å². The van der Waals surface area contributed by atoms with Crippen molar-refractivity contribution in [2.24, 2.45) is 0 Å². The van der Waals surface area contributed by atoms with Crippen LogP contribution in [0.25, 0.3) is 0 Å². The number of aliphatic hydroxyl groups is 1. The van der Waals surface area contributed by atoms with Crippen LogP contribution in [0.3, 0.4) is 0 Å². The third kappa shape index (κ3) is 12.7. The summed E-state index contributed by atoms with van der Waals surface area (Å²) in [5.74, 6) is 0. The maximum Gasteiger partial charge on any atom is 0.483 e. The van der Waals surface area contributed by atoms with Crippen LogP contribution in [0.1, 0.15) is 0 Å². The van der Waals surface area contributed by atoms with Gasteiger partial charge in [-0.25, -0.2) is 0 Å². The molecule has 0 spiro atoms. The van der Waals surface area contributed by atoms with Gasteiger partial charge in [0, 0.05) is 28.4 Å². The molecule has 0 saturated carbocycles. The third-order valence-electron chi connectivity index (χ3n) is 0.873. The summed E-state index contributed by atoms with van der Waals surface area (Å²) in [5.41, 5.74) is 0. The van der Waals surface area contributed by atoms with Crippen LogP contribution in [0.4, 0.5) is 0 Å². The number of hydrogen-bond donors (Lipinski definition) is 1. The summed E-state index contributed by atoms with van der Waals surface area (Å²) in [6.07, 6.45) is 0. The van der Waals surface area contributed by atoms with Crippen molar-refractivity contribution in [2.45, 2.75) is 0 Å². The summed E-state index contributed by atoms with van der Waals surface area (Å²) in [6.45, 7) is 0.566. The van der Waals surface area contributed by atoms with Crippen LogP contribution in [-0.4, -0.2) is 56.3 Å². The summed E-state index contributed by atoms with van der Waals surface area (Å²) < 4.78 is 18.7. The fourth-order valence-electron chi connectivity index (χ4n) is 0.380. The number of methoxy groups -OCH3 is 1. The van der Waals surface area contributed by atoms with Gasteiger partial charge < -0.3 is 23.1 Å². The van der Waals surface area contributed by atoms with Crippen LogP contribution >= 0.6 is 0 Å². The molecule has 0 aliphatic heterocycles. The van der Waals surface area contributed by atoms with Gasteiger partial charge in [-0.1, -0.05) is 0 Å². The Kier molecular flexibility index (Phi) is 16.5. The van der Waals surface area contributed by atoms with Crippen molar-refractivity contribution in [2.75, 3.05) is 41.7 Å². The highest BCUT2D eigenvalue weighted by Crippen LogP contribution is 1.81. The smallest absolute Gasteiger partial charge is 0.394 e. The molecule has 0 fully saturated rings. The standard InChI is InChI=1S/C3H10O3Si.C3H8O2/c1-4-7(5-2)6-3;1-5-3-2-4/h7H,1-3H3;4H,2-3H2,1H3. The summed E-state index contributed by atoms with van der Waals surface area (Å²) in [5, 5.41) is 7.94. The lowest BCUT2D eigenvalue weighted by molar-refractivity contribution is 0.135. The van der Waals surface area contributed by atoms with Gasteiger partial charge in [0.15, 0.2) is 0 Å². The molecule has 0 amide bonds. The molecular formula is C6H18O5Si. The normalized spacial score (nSPS) is 9.50. The first kappa shape index (κ1) is 14.5. The predicted octanol–water partition coefficient (Wildman–Crippen LogP) is -0.732. The van der Waals surface area contributed by atoms with E-state index in [1.54, 1.807) is 28.4 Å². The Morgan fingerprint density at radius 1 is 1.00 bits per heavy atom. The topological polar surface area (TPSA) is 57.2 Å². The van der Waals surface area contributed by atoms with Gasteiger partial charge >= 0.3 is 9.53 Å². The Morgan fingerprint density at radius 2 is 1.42 bits per heavy atom. The average Bonchev–Trinajstić information content (AvgIpc) is 2.10. The molecule has 0 aliphatic carbocycles. The molecule has 0 radical (unpaired) electrons. The average molecular weight is 198 g/mol. The molecule has 12 heavy (non-hydrogen) atoms. The molecule has 0 saturated heterocycles. The molecule has 0 bridgehead atoms. The van der Waals surface area contributed by atoms with Crippen LogP contribution in [0.2, 0.25) is 0 Å². The number of aliphatic hydroxyl groups excluding tert-OH is 1. The van der Waals surface area contributed by atoms with Gasteiger partial charge in [-0.15, -0.1) is 0 Å². The zero-order valence-electron chi connectivity index (χ0n) is 8.07. The number of hydrogen-bond acceptors (Lipinski definition) is 5. The molecular weight excluding hydrogens is 180 g/mol. The van der Waals surface area contributed by atoms with E-state index in [1.807, 2.05) is 0 Å². The molecule has 0 aromatic carbocycles. The van der Waals surface area contributed by atoms with E-state index >= 15 is 0 Å². The van der Waals surface area contributed by atoms with Crippen LogP contribution < -0.4 is 0 Å². The van der Waals surface area contributed by atoms with E-state index in [1.165, 1.54) is 0 Å². The lowest BCUT2D eigenvalue weighted by Crippen LogP contribution is -2.21. The molecule has 76 valence electrons. The van der Waals surface area contributed by atoms with Crippen molar-refractivity contribution in [3.05, 3.63) is 0 Å². The van der Waals surface area contributed by atoms with E-state index in [0.717, 1.165) is 0 Å². The first-order valence-electron chi connectivity index (χ1n) is 3.45. The minimum atomic E-state index is -1.67. The Balaban J connectivity index is 0. The Bertz CT molecular complexity index is 61.4. The van der Waals surface area contributed by atoms with Gasteiger partial charge in [0.2, 0.25) is 0 Å². The van der Waals surface area contributed by atoms with Crippen molar-refractivity contribution < 1.29 is 23.1 Å². The minimum absolute atomic E-state index is 0.122. The van der Waals surface area contributed by atoms with Crippen molar-refractivity contribution in [1.82, 2.24) is 0 Å². The first-order chi connectivity index (χ1) is 5.76. The van der Waals surface area contributed by atoms with Gasteiger partial charge in [-0.05, 0) is 0 Å². The number of rotatable bonds is 5. The molecule has 0 atom stereocenters. The highest BCUT2D eigenvalue weighted by atomic mass is 28.3. The van der Waals surface area contributed by atoms with Crippen molar-refractivity contribution in [1.29, 1.82) is 0 Å². The van der Waals surface area contributed by atoms with E-state index in [4.69, 9.17) is 18.4 Å². The molecule has 0 heterocycles. The molecule has 0 unspecified atom stereocenters. The summed E-state index contributed by atoms with van der Waals surface area (Å²) in [7, 11) is 4.60. The molecule has 0 aromatic rings. The molecule has 0 rings (SSSR count). The molecule has 5 nitrogen and oxygen atoms in total. The maximum absolute atomic E-state index is 7.94. The van der Waals surface area contributed by atoms with Crippen molar-refractivity contribution >= 4 is 9.53 Å². The van der Waals surface area contributed by atoms with Crippen LogP contribution in [-0.2, 0) is 18.0 Å². The lowest BCUT2D eigenvalue weighted by Gasteiger charge is -2.05. The number of ether oxygens (including phenoxy) is 1. The van der Waals surface area contributed by atoms with Gasteiger partial charge in [0.05, 0.1) is 13.2 Å². The lowest BCUT2D eigenvalue weighted by atomic mass is 10.8. The minimum Gasteiger partial charge on any atom is -0.394 e. The molecule has 6 heteroatoms. The summed E-state index contributed by atoms with van der Waals surface area (Å²) >= 11 is 0. The van der Waals surface area contributed by atoms with Gasteiger partial charge in [0.1, 0.15) is 0 Å². The zero-order valence-corrected chi connectivity index (χ0v) is 9.23. The van der Waals surface area contributed by atoms with Crippen LogP contribution in [0, 0.1) is 0 Å². The van der Waals surface area contributed by atoms with Gasteiger partial charge in [-0.2, -0.15) is 0 Å². The zero-order chi connectivity index (χ0) is 9.82. The van der Waals surface area contributed by atoms with Crippen LogP contribution in [0.15, 0.2) is 0 Å². The van der Waals surface area contributed by atoms with Crippen molar-refractivity contribution in [3.8, 4) is 0 Å². The fraction of sp³-hybridized carbons (Fsp3) is 1.00. The van der Waals surface area contributed by atoms with Gasteiger partial charge in [0.25, 0.3) is 0 Å². The summed E-state index contributed by atoms with van der Waals surface area (Å²) in [6, 6.07) is 0. The van der Waals surface area contributed by atoms with E-state index in [9.17, 15) is 0 Å². The maximum atomic E-state index is 7.94.